The van der Waals surface area contributed by atoms with E-state index in [-0.39, 0.29) is 18.9 Å². The summed E-state index contributed by atoms with van der Waals surface area (Å²) in [7, 11) is 1.61. The molecule has 0 aliphatic carbocycles. The molecule has 0 saturated carbocycles. The number of hydrogen-bond acceptors (Lipinski definition) is 4. The lowest BCUT2D eigenvalue weighted by Crippen LogP contribution is -2.28. The van der Waals surface area contributed by atoms with Crippen molar-refractivity contribution in [1.29, 1.82) is 0 Å². The number of likely N-dealkylation sites (tertiary alicyclic amines) is 1. The number of ether oxygens (including phenoxy) is 2. The molecule has 1 saturated heterocycles. The standard InChI is InChI=1S/C23H27NO5/c1-28-21-14-18(11-12-24-16-19(23(26)27)15-22(24)25)9-10-20(21)29-13-5-8-17-6-3-2-4-7-17/h2-4,6-7,9-10,14,19H,5,8,11-13,15-16H2,1H3,(H,26,27). The van der Waals surface area contributed by atoms with Crippen LogP contribution in [0.2, 0.25) is 0 Å². The molecule has 0 aromatic heterocycles. The molecule has 6 heteroatoms. The van der Waals surface area contributed by atoms with Gasteiger partial charge in [0.15, 0.2) is 11.5 Å². The smallest absolute Gasteiger partial charge is 0.308 e. The SMILES string of the molecule is COc1cc(CCN2CC(C(=O)O)CC2=O)ccc1OCCCc1ccccc1. The van der Waals surface area contributed by atoms with E-state index in [2.05, 4.69) is 12.1 Å². The van der Waals surface area contributed by atoms with Gasteiger partial charge in [0.2, 0.25) is 5.91 Å². The summed E-state index contributed by atoms with van der Waals surface area (Å²) in [6.45, 7) is 1.39. The van der Waals surface area contributed by atoms with Gasteiger partial charge in [0.05, 0.1) is 19.6 Å². The van der Waals surface area contributed by atoms with E-state index in [0.717, 1.165) is 18.4 Å². The van der Waals surface area contributed by atoms with Crippen molar-refractivity contribution in [2.75, 3.05) is 26.8 Å². The van der Waals surface area contributed by atoms with Crippen molar-refractivity contribution in [1.82, 2.24) is 4.90 Å². The second-order valence-corrected chi connectivity index (χ2v) is 7.25. The number of nitrogens with zero attached hydrogens (tertiary/aromatic N) is 1. The molecule has 1 atom stereocenters. The van der Waals surface area contributed by atoms with Crippen LogP contribution in [0.25, 0.3) is 0 Å². The van der Waals surface area contributed by atoms with Crippen molar-refractivity contribution in [3.63, 3.8) is 0 Å². The highest BCUT2D eigenvalue weighted by Crippen LogP contribution is 2.29. The molecule has 29 heavy (non-hydrogen) atoms. The number of carboxylic acid groups (broad SMARTS) is 1. The third-order valence-corrected chi connectivity index (χ3v) is 5.17. The molecular weight excluding hydrogens is 370 g/mol. The number of aryl methyl sites for hydroxylation is 1. The van der Waals surface area contributed by atoms with E-state index in [1.165, 1.54) is 5.56 Å². The maximum absolute atomic E-state index is 12.0. The second-order valence-electron chi connectivity index (χ2n) is 7.25. The van der Waals surface area contributed by atoms with Crippen molar-refractivity contribution >= 4 is 11.9 Å². The summed E-state index contributed by atoms with van der Waals surface area (Å²) in [6, 6.07) is 16.1. The Bertz CT molecular complexity index is 836. The molecule has 1 amide bonds. The van der Waals surface area contributed by atoms with Gasteiger partial charge in [-0.1, -0.05) is 36.4 Å². The highest BCUT2D eigenvalue weighted by molar-refractivity contribution is 5.86. The highest BCUT2D eigenvalue weighted by atomic mass is 16.5. The number of carbonyl (C=O) groups excluding carboxylic acids is 1. The zero-order chi connectivity index (χ0) is 20.6. The Hall–Kier alpha value is -3.02. The molecule has 1 aliphatic heterocycles. The quantitative estimate of drug-likeness (QED) is 0.623. The number of carbonyl (C=O) groups is 2. The molecular formula is C23H27NO5. The van der Waals surface area contributed by atoms with Crippen LogP contribution in [-0.4, -0.2) is 48.7 Å². The lowest BCUT2D eigenvalue weighted by molar-refractivity contribution is -0.141. The van der Waals surface area contributed by atoms with E-state index < -0.39 is 11.9 Å². The zero-order valence-corrected chi connectivity index (χ0v) is 16.7. The third-order valence-electron chi connectivity index (χ3n) is 5.17. The van der Waals surface area contributed by atoms with E-state index in [1.807, 2.05) is 36.4 Å². The van der Waals surface area contributed by atoms with Gasteiger partial charge in [0.1, 0.15) is 0 Å². The molecule has 2 aromatic carbocycles. The minimum atomic E-state index is -0.906. The van der Waals surface area contributed by atoms with Gasteiger partial charge in [0.25, 0.3) is 0 Å². The Morgan fingerprint density at radius 1 is 1.10 bits per heavy atom. The molecule has 1 unspecified atom stereocenters. The molecule has 1 N–H and O–H groups in total. The van der Waals surface area contributed by atoms with Crippen LogP contribution in [0.5, 0.6) is 11.5 Å². The predicted molar refractivity (Wildman–Crippen MR) is 109 cm³/mol. The Kier molecular flexibility index (Phi) is 7.11. The first-order valence-electron chi connectivity index (χ1n) is 9.91. The van der Waals surface area contributed by atoms with Crippen LogP contribution < -0.4 is 9.47 Å². The molecule has 3 rings (SSSR count). The molecule has 0 radical (unpaired) electrons. The Morgan fingerprint density at radius 2 is 1.90 bits per heavy atom. The summed E-state index contributed by atoms with van der Waals surface area (Å²) in [4.78, 5) is 24.6. The summed E-state index contributed by atoms with van der Waals surface area (Å²) in [5, 5.41) is 9.08. The largest absolute Gasteiger partial charge is 0.493 e. The minimum absolute atomic E-state index is 0.0917. The number of rotatable bonds is 10. The fourth-order valence-electron chi connectivity index (χ4n) is 3.51. The predicted octanol–water partition coefficient (Wildman–Crippen LogP) is 3.18. The van der Waals surface area contributed by atoms with Crippen LogP contribution >= 0.6 is 0 Å². The first-order chi connectivity index (χ1) is 14.1. The molecule has 1 heterocycles. The van der Waals surface area contributed by atoms with E-state index in [0.29, 0.717) is 31.1 Å². The number of methoxy groups -OCH3 is 1. The first kappa shape index (κ1) is 20.7. The van der Waals surface area contributed by atoms with E-state index in [9.17, 15) is 9.59 Å². The summed E-state index contributed by atoms with van der Waals surface area (Å²) in [5.41, 5.74) is 2.31. The van der Waals surface area contributed by atoms with Crippen LogP contribution in [0.4, 0.5) is 0 Å². The second kappa shape index (κ2) is 9.96. The third kappa shape index (κ3) is 5.73. The van der Waals surface area contributed by atoms with Crippen LogP contribution in [0.15, 0.2) is 48.5 Å². The first-order valence-corrected chi connectivity index (χ1v) is 9.91. The highest BCUT2D eigenvalue weighted by Gasteiger charge is 2.33. The minimum Gasteiger partial charge on any atom is -0.493 e. The number of benzene rings is 2. The number of amides is 1. The Morgan fingerprint density at radius 3 is 2.59 bits per heavy atom. The Labute approximate surface area is 171 Å². The molecule has 154 valence electrons. The van der Waals surface area contributed by atoms with E-state index in [1.54, 1.807) is 12.0 Å². The average molecular weight is 397 g/mol. The van der Waals surface area contributed by atoms with Crippen molar-refractivity contribution in [3.8, 4) is 11.5 Å². The average Bonchev–Trinajstić information content (AvgIpc) is 3.12. The number of hydrogen-bond donors (Lipinski definition) is 1. The van der Waals surface area contributed by atoms with Gasteiger partial charge in [-0.2, -0.15) is 0 Å². The van der Waals surface area contributed by atoms with Crippen LogP contribution in [0, 0.1) is 5.92 Å². The summed E-state index contributed by atoms with van der Waals surface area (Å²) in [6.07, 6.45) is 2.61. The van der Waals surface area contributed by atoms with Crippen molar-refractivity contribution in [2.24, 2.45) is 5.92 Å². The van der Waals surface area contributed by atoms with Crippen LogP contribution in [0.3, 0.4) is 0 Å². The van der Waals surface area contributed by atoms with Gasteiger partial charge in [-0.25, -0.2) is 0 Å². The van der Waals surface area contributed by atoms with Gasteiger partial charge < -0.3 is 19.5 Å². The van der Waals surface area contributed by atoms with Crippen LogP contribution in [0.1, 0.15) is 24.0 Å². The van der Waals surface area contributed by atoms with Gasteiger partial charge in [-0.15, -0.1) is 0 Å². The number of aliphatic carboxylic acids is 1. The van der Waals surface area contributed by atoms with E-state index in [4.69, 9.17) is 14.6 Å². The van der Waals surface area contributed by atoms with E-state index >= 15 is 0 Å². The summed E-state index contributed by atoms with van der Waals surface area (Å²) < 4.78 is 11.3. The van der Waals surface area contributed by atoms with Crippen molar-refractivity contribution in [3.05, 3.63) is 59.7 Å². The van der Waals surface area contributed by atoms with Gasteiger partial charge >= 0.3 is 5.97 Å². The van der Waals surface area contributed by atoms with Crippen molar-refractivity contribution < 1.29 is 24.2 Å². The normalized spacial score (nSPS) is 16.1. The summed E-state index contributed by atoms with van der Waals surface area (Å²) >= 11 is 0. The molecule has 2 aromatic rings. The maximum Gasteiger partial charge on any atom is 0.308 e. The van der Waals surface area contributed by atoms with Gasteiger partial charge in [-0.3, -0.25) is 9.59 Å². The molecule has 6 nitrogen and oxygen atoms in total. The maximum atomic E-state index is 12.0. The lowest BCUT2D eigenvalue weighted by atomic mass is 10.1. The van der Waals surface area contributed by atoms with Crippen LogP contribution in [-0.2, 0) is 22.4 Å². The van der Waals surface area contributed by atoms with Gasteiger partial charge in [0, 0.05) is 19.5 Å². The monoisotopic (exact) mass is 397 g/mol. The summed E-state index contributed by atoms with van der Waals surface area (Å²) in [5.74, 6) is -0.228. The van der Waals surface area contributed by atoms with Gasteiger partial charge in [-0.05, 0) is 42.5 Å². The molecule has 1 aliphatic rings. The topological polar surface area (TPSA) is 76.1 Å². The molecule has 0 spiro atoms. The Balaban J connectivity index is 1.49. The van der Waals surface area contributed by atoms with Crippen molar-refractivity contribution in [2.45, 2.75) is 25.7 Å². The zero-order valence-electron chi connectivity index (χ0n) is 16.7. The molecule has 1 fully saturated rings. The fraction of sp³-hybridized carbons (Fsp3) is 0.391. The fourth-order valence-corrected chi connectivity index (χ4v) is 3.51. The molecule has 0 bridgehead atoms. The number of carboxylic acids is 1. The lowest BCUT2D eigenvalue weighted by Gasteiger charge is -2.17.